The van der Waals surface area contributed by atoms with Gasteiger partial charge in [-0.15, -0.1) is 0 Å². The van der Waals surface area contributed by atoms with E-state index < -0.39 is 0 Å². The van der Waals surface area contributed by atoms with E-state index in [9.17, 15) is 9.59 Å². The summed E-state index contributed by atoms with van der Waals surface area (Å²) in [4.78, 5) is 29.2. The molecule has 7 heteroatoms. The molecule has 0 aromatic carbocycles. The smallest absolute Gasteiger partial charge is 0.274 e. The molecule has 0 atom stereocenters. The Bertz CT molecular complexity index is 713. The molecule has 1 fully saturated rings. The molecule has 0 unspecified atom stereocenters. The van der Waals surface area contributed by atoms with Gasteiger partial charge < -0.3 is 9.64 Å². The lowest BCUT2D eigenvalue weighted by molar-refractivity contribution is 0.0588. The Morgan fingerprint density at radius 3 is 2.65 bits per heavy atom. The number of nitrogens with one attached hydrogen (secondary N) is 1. The van der Waals surface area contributed by atoms with Crippen LogP contribution in [0.25, 0.3) is 0 Å². The number of aryl methyl sites for hydroxylation is 1. The van der Waals surface area contributed by atoms with Gasteiger partial charge in [0.2, 0.25) is 0 Å². The summed E-state index contributed by atoms with van der Waals surface area (Å²) in [6, 6.07) is 6.57. The van der Waals surface area contributed by atoms with Gasteiger partial charge in [-0.3, -0.25) is 14.6 Å². The van der Waals surface area contributed by atoms with Crippen LogP contribution in [-0.4, -0.2) is 45.2 Å². The molecule has 1 aliphatic heterocycles. The minimum Gasteiger partial charge on any atom is -0.489 e. The first-order chi connectivity index (χ1) is 11.1. The Kier molecular flexibility index (Phi) is 4.36. The predicted molar refractivity (Wildman–Crippen MR) is 83.4 cm³/mol. The van der Waals surface area contributed by atoms with Crippen LogP contribution in [0.3, 0.4) is 0 Å². The Balaban J connectivity index is 1.55. The molecule has 1 N–H and O–H groups in total. The fourth-order valence-corrected chi connectivity index (χ4v) is 2.52. The molecular formula is C16H18N4O3. The maximum absolute atomic E-state index is 12.3. The SMILES string of the molecule is Cc1ccc(OC2CCN(C(=O)c3ccc(=O)[nH]n3)CC2)cn1. The molecule has 7 nitrogen and oxygen atoms in total. The van der Waals surface area contributed by atoms with Crippen molar-refractivity contribution in [2.75, 3.05) is 13.1 Å². The lowest BCUT2D eigenvalue weighted by atomic mass is 10.1. The van der Waals surface area contributed by atoms with E-state index in [1.54, 1.807) is 11.1 Å². The van der Waals surface area contributed by atoms with Gasteiger partial charge in [-0.1, -0.05) is 0 Å². The number of nitrogens with zero attached hydrogens (tertiary/aromatic N) is 3. The Morgan fingerprint density at radius 2 is 2.04 bits per heavy atom. The highest BCUT2D eigenvalue weighted by Crippen LogP contribution is 2.19. The molecular weight excluding hydrogens is 296 g/mol. The third-order valence-corrected chi connectivity index (χ3v) is 3.81. The molecule has 0 bridgehead atoms. The second kappa shape index (κ2) is 6.60. The summed E-state index contributed by atoms with van der Waals surface area (Å²) in [7, 11) is 0. The number of likely N-dealkylation sites (tertiary alicyclic amines) is 1. The number of hydrogen-bond acceptors (Lipinski definition) is 5. The number of amides is 1. The number of pyridine rings is 1. The van der Waals surface area contributed by atoms with Crippen molar-refractivity contribution in [3.63, 3.8) is 0 Å². The van der Waals surface area contributed by atoms with Gasteiger partial charge >= 0.3 is 0 Å². The molecule has 0 aliphatic carbocycles. The summed E-state index contributed by atoms with van der Waals surface area (Å²) in [5.41, 5.74) is 0.887. The van der Waals surface area contributed by atoms with E-state index in [0.717, 1.165) is 24.3 Å². The van der Waals surface area contributed by atoms with Gasteiger partial charge in [0.1, 0.15) is 17.5 Å². The number of aromatic nitrogens is 3. The molecule has 0 radical (unpaired) electrons. The quantitative estimate of drug-likeness (QED) is 0.918. The molecule has 2 aromatic rings. The summed E-state index contributed by atoms with van der Waals surface area (Å²) in [6.07, 6.45) is 3.30. The number of piperidine rings is 1. The van der Waals surface area contributed by atoms with Crippen molar-refractivity contribution in [1.29, 1.82) is 0 Å². The molecule has 1 amide bonds. The van der Waals surface area contributed by atoms with Crippen LogP contribution in [0.2, 0.25) is 0 Å². The van der Waals surface area contributed by atoms with Gasteiger partial charge in [0.05, 0.1) is 6.20 Å². The van der Waals surface area contributed by atoms with Crippen LogP contribution in [0.4, 0.5) is 0 Å². The number of ether oxygens (including phenoxy) is 1. The monoisotopic (exact) mass is 314 g/mol. The average molecular weight is 314 g/mol. The van der Waals surface area contributed by atoms with Gasteiger partial charge in [-0.25, -0.2) is 5.10 Å². The normalized spacial score (nSPS) is 15.4. The van der Waals surface area contributed by atoms with Crippen molar-refractivity contribution >= 4 is 5.91 Å². The maximum Gasteiger partial charge on any atom is 0.274 e. The Morgan fingerprint density at radius 1 is 1.26 bits per heavy atom. The molecule has 3 heterocycles. The van der Waals surface area contributed by atoms with Gasteiger partial charge in [-0.2, -0.15) is 5.10 Å². The number of hydrogen-bond donors (Lipinski definition) is 1. The molecule has 1 aliphatic rings. The second-order valence-corrected chi connectivity index (χ2v) is 5.55. The first kappa shape index (κ1) is 15.2. The highest BCUT2D eigenvalue weighted by Gasteiger charge is 2.25. The minimum atomic E-state index is -0.319. The van der Waals surface area contributed by atoms with E-state index in [2.05, 4.69) is 15.2 Å². The van der Waals surface area contributed by atoms with Crippen molar-refractivity contribution in [2.45, 2.75) is 25.9 Å². The van der Waals surface area contributed by atoms with Crippen LogP contribution in [0.5, 0.6) is 5.75 Å². The highest BCUT2D eigenvalue weighted by atomic mass is 16.5. The Labute approximate surface area is 133 Å². The van der Waals surface area contributed by atoms with Crippen molar-refractivity contribution in [3.05, 3.63) is 52.2 Å². The zero-order chi connectivity index (χ0) is 16.2. The summed E-state index contributed by atoms with van der Waals surface area (Å²) in [5.74, 6) is 0.583. The number of rotatable bonds is 3. The summed E-state index contributed by atoms with van der Waals surface area (Å²) in [6.45, 7) is 3.13. The third kappa shape index (κ3) is 3.74. The summed E-state index contributed by atoms with van der Waals surface area (Å²) >= 11 is 0. The molecule has 0 spiro atoms. The minimum absolute atomic E-state index is 0.0760. The predicted octanol–water partition coefficient (Wildman–Crippen LogP) is 1.16. The van der Waals surface area contributed by atoms with Crippen LogP contribution in [0.1, 0.15) is 29.0 Å². The first-order valence-corrected chi connectivity index (χ1v) is 7.56. The first-order valence-electron chi connectivity index (χ1n) is 7.56. The van der Waals surface area contributed by atoms with Crippen molar-refractivity contribution in [2.24, 2.45) is 0 Å². The molecule has 3 rings (SSSR count). The van der Waals surface area contributed by atoms with E-state index in [0.29, 0.717) is 13.1 Å². The number of aromatic amines is 1. The number of carbonyl (C=O) groups is 1. The number of carbonyl (C=O) groups excluding carboxylic acids is 1. The Hall–Kier alpha value is -2.70. The maximum atomic E-state index is 12.3. The van der Waals surface area contributed by atoms with Gasteiger partial charge in [0.25, 0.3) is 11.5 Å². The lowest BCUT2D eigenvalue weighted by Gasteiger charge is -2.31. The van der Waals surface area contributed by atoms with E-state index in [1.165, 1.54) is 12.1 Å². The fraction of sp³-hybridized carbons (Fsp3) is 0.375. The zero-order valence-corrected chi connectivity index (χ0v) is 12.9. The van der Waals surface area contributed by atoms with Crippen LogP contribution in [-0.2, 0) is 0 Å². The van der Waals surface area contributed by atoms with Gasteiger partial charge in [0, 0.05) is 37.7 Å². The molecule has 0 saturated carbocycles. The molecule has 120 valence electrons. The standard InChI is InChI=1S/C16H18N4O3/c1-11-2-3-13(10-17-11)23-12-6-8-20(9-7-12)16(22)14-4-5-15(21)19-18-14/h2-5,10,12H,6-9H2,1H3,(H,19,21). The van der Waals surface area contributed by atoms with Crippen molar-refractivity contribution in [3.8, 4) is 5.75 Å². The van der Waals surface area contributed by atoms with Crippen LogP contribution >= 0.6 is 0 Å². The topological polar surface area (TPSA) is 88.2 Å². The lowest BCUT2D eigenvalue weighted by Crippen LogP contribution is -2.42. The van der Waals surface area contributed by atoms with Crippen molar-refractivity contribution in [1.82, 2.24) is 20.1 Å². The fourth-order valence-electron chi connectivity index (χ4n) is 2.52. The van der Waals surface area contributed by atoms with E-state index in [-0.39, 0.29) is 23.3 Å². The molecule has 2 aromatic heterocycles. The number of H-pyrrole nitrogens is 1. The van der Waals surface area contributed by atoms with Crippen LogP contribution in [0, 0.1) is 6.92 Å². The van der Waals surface area contributed by atoms with Crippen LogP contribution in [0.15, 0.2) is 35.3 Å². The third-order valence-electron chi connectivity index (χ3n) is 3.81. The highest BCUT2D eigenvalue weighted by molar-refractivity contribution is 5.92. The zero-order valence-electron chi connectivity index (χ0n) is 12.9. The molecule has 1 saturated heterocycles. The average Bonchev–Trinajstić information content (AvgIpc) is 2.58. The van der Waals surface area contributed by atoms with Gasteiger partial charge in [-0.05, 0) is 25.1 Å². The largest absolute Gasteiger partial charge is 0.489 e. The van der Waals surface area contributed by atoms with E-state index in [4.69, 9.17) is 4.74 Å². The summed E-state index contributed by atoms with van der Waals surface area (Å²) < 4.78 is 5.90. The second-order valence-electron chi connectivity index (χ2n) is 5.55. The van der Waals surface area contributed by atoms with E-state index in [1.807, 2.05) is 19.1 Å². The van der Waals surface area contributed by atoms with Crippen molar-refractivity contribution < 1.29 is 9.53 Å². The van der Waals surface area contributed by atoms with Crippen LogP contribution < -0.4 is 10.3 Å². The summed E-state index contributed by atoms with van der Waals surface area (Å²) in [5, 5.41) is 6.06. The van der Waals surface area contributed by atoms with Gasteiger partial charge in [0.15, 0.2) is 0 Å². The molecule has 23 heavy (non-hydrogen) atoms. The van der Waals surface area contributed by atoms with E-state index >= 15 is 0 Å².